The molecule has 21 heteroatoms. The highest BCUT2D eigenvalue weighted by atomic mass is 35.5. The summed E-state index contributed by atoms with van der Waals surface area (Å²) in [5.41, 5.74) is 16.6. The molecule has 0 unspecified atom stereocenters. The molecule has 18 nitrogen and oxygen atoms in total. The first-order valence-corrected chi connectivity index (χ1v) is 15.3. The van der Waals surface area contributed by atoms with E-state index in [4.69, 9.17) is 22.0 Å². The van der Waals surface area contributed by atoms with Crippen LogP contribution in [-0.2, 0) is 30.6 Å². The number of carbonyl (C=O) groups is 4. The van der Waals surface area contributed by atoms with E-state index < -0.39 is 58.5 Å². The van der Waals surface area contributed by atoms with Crippen LogP contribution in [0.25, 0.3) is 0 Å². The van der Waals surface area contributed by atoms with Crippen LogP contribution in [0.4, 0.5) is 16.8 Å². The first-order valence-electron chi connectivity index (χ1n) is 13.3. The number of rotatable bonds is 11. The van der Waals surface area contributed by atoms with E-state index in [9.17, 15) is 39.6 Å². The van der Waals surface area contributed by atoms with E-state index in [-0.39, 0.29) is 52.6 Å². The Balaban J connectivity index is 0.00000520. The van der Waals surface area contributed by atoms with Gasteiger partial charge in [0.1, 0.15) is 22.8 Å². The Labute approximate surface area is 284 Å². The Morgan fingerprint density at radius 3 is 2.56 bits per heavy atom. The molecule has 4 heterocycles. The average Bonchev–Trinajstić information content (AvgIpc) is 3.45. The number of thioether (sulfide) groups is 1. The van der Waals surface area contributed by atoms with Gasteiger partial charge in [-0.25, -0.2) is 19.1 Å². The Hall–Kier alpha value is -5.60. The van der Waals surface area contributed by atoms with Gasteiger partial charge < -0.3 is 60.2 Å². The van der Waals surface area contributed by atoms with Crippen LogP contribution in [0.5, 0.6) is 11.5 Å². The zero-order valence-electron chi connectivity index (χ0n) is 24.3. The summed E-state index contributed by atoms with van der Waals surface area (Å²) in [6.45, 7) is 0.248. The van der Waals surface area contributed by atoms with Gasteiger partial charge in [-0.1, -0.05) is 28.4 Å². The van der Waals surface area contributed by atoms with Crippen LogP contribution < -0.4 is 39.5 Å². The van der Waals surface area contributed by atoms with Crippen molar-refractivity contribution in [3.63, 3.8) is 0 Å². The molecule has 0 spiro atoms. The van der Waals surface area contributed by atoms with Crippen molar-refractivity contribution >= 4 is 69.3 Å². The fraction of sp³-hybridized carbons (Fsp3) is 0.185. The number of phenolic OH excluding ortho intramolecular Hbond substituents is 2. The molecule has 48 heavy (non-hydrogen) atoms. The maximum atomic E-state index is 13.4. The largest absolute Gasteiger partial charge is 1.00 e. The number of amides is 2. The number of carboxylic acids is 2. The number of halogens is 1. The lowest BCUT2D eigenvalue weighted by Gasteiger charge is -2.49. The predicted octanol–water partition coefficient (Wildman–Crippen LogP) is -3.47. The van der Waals surface area contributed by atoms with E-state index in [2.05, 4.69) is 20.4 Å². The molecule has 0 radical (unpaired) electrons. The van der Waals surface area contributed by atoms with Gasteiger partial charge in [-0.2, -0.15) is 0 Å². The number of fused-ring (bicyclic) bond motifs is 1. The van der Waals surface area contributed by atoms with Crippen LogP contribution in [0, 0.1) is 0 Å². The molecule has 0 saturated carbocycles. The first-order chi connectivity index (χ1) is 22.3. The van der Waals surface area contributed by atoms with Gasteiger partial charge in [0, 0.05) is 16.7 Å². The van der Waals surface area contributed by atoms with Crippen molar-refractivity contribution in [1.82, 2.24) is 20.2 Å². The minimum atomic E-state index is -1.82. The summed E-state index contributed by atoms with van der Waals surface area (Å²) >= 11 is 2.17. The maximum absolute atomic E-state index is 13.4. The molecule has 2 aliphatic rings. The Morgan fingerprint density at radius 2 is 1.94 bits per heavy atom. The number of hydrogen-bond donors (Lipinski definition) is 8. The Kier molecular flexibility index (Phi) is 10.6. The quantitative estimate of drug-likeness (QED) is 0.0314. The van der Waals surface area contributed by atoms with Gasteiger partial charge >= 0.3 is 11.9 Å². The number of aromatic nitrogens is 3. The highest BCUT2D eigenvalue weighted by Gasteiger charge is 2.54. The standard InChI is InChI=1S/C27H25N9O9S2.ClH/c28-16-7-17(29)35(10-31-16)5-1-2-12-8-46-24-19(23(40)36(24)20(12)25(41)42)33-22(39)18(13-9-47-27(30)32-13)34-45-21(26(43)44)11-3-4-14(37)15(38)6-11;/h1-4,6-7,9-10,19,21,24H,5,8H2,(H10,28,29,30,32,33,34,37,38,39,41,42,43,44);1H/b2-1+;/t19-,21+,24-;/m1./s1. The first kappa shape index (κ1) is 35.3. The number of oxime groups is 1. The zero-order valence-corrected chi connectivity index (χ0v) is 26.6. The molecule has 2 aromatic heterocycles. The molecule has 252 valence electrons. The number of nitrogens with one attached hydrogen (secondary N) is 1. The lowest BCUT2D eigenvalue weighted by atomic mass is 10.0. The number of anilines is 3. The number of benzene rings is 1. The van der Waals surface area contributed by atoms with E-state index in [1.807, 2.05) is 0 Å². The molecule has 0 bridgehead atoms. The second kappa shape index (κ2) is 14.4. The highest BCUT2D eigenvalue weighted by molar-refractivity contribution is 8.00. The van der Waals surface area contributed by atoms with E-state index in [1.165, 1.54) is 35.6 Å². The van der Waals surface area contributed by atoms with Crippen molar-refractivity contribution in [2.24, 2.45) is 5.16 Å². The maximum Gasteiger partial charge on any atom is 0.352 e. The van der Waals surface area contributed by atoms with Crippen LogP contribution in [0.3, 0.4) is 0 Å². The molecule has 11 N–H and O–H groups in total. The number of nitrogen functional groups attached to an aromatic ring is 3. The highest BCUT2D eigenvalue weighted by Crippen LogP contribution is 2.40. The Bertz CT molecular complexity index is 1880. The molecule has 1 saturated heterocycles. The summed E-state index contributed by atoms with van der Waals surface area (Å²) in [6.07, 6.45) is 2.83. The molecule has 2 aliphatic heterocycles. The summed E-state index contributed by atoms with van der Waals surface area (Å²) in [6, 6.07) is 3.47. The van der Waals surface area contributed by atoms with Gasteiger partial charge in [-0.05, 0) is 17.7 Å². The molecule has 1 fully saturated rings. The van der Waals surface area contributed by atoms with E-state index in [0.29, 0.717) is 11.4 Å². The number of thiazole rings is 1. The number of phenols is 2. The third-order valence-corrected chi connectivity index (χ3v) is 8.81. The smallest absolute Gasteiger partial charge is 0.352 e. The average molecular weight is 720 g/mol. The summed E-state index contributed by atoms with van der Waals surface area (Å²) in [7, 11) is 0. The van der Waals surface area contributed by atoms with Gasteiger partial charge in [0.05, 0.1) is 12.6 Å². The van der Waals surface area contributed by atoms with Crippen LogP contribution >= 0.6 is 23.1 Å². The summed E-state index contributed by atoms with van der Waals surface area (Å²) < 4.78 is 1.58. The SMILES string of the molecule is Nc1cc(N)[n+](C/C=C/C2=C(C(=O)O)N3C(=O)[C@@H](NC(=O)/C(=N\O[C@H](C(=O)O)c4ccc(O)c(O)c4)c4csc(N)n4)[C@H]3SC2)cn1.[Cl-]. The number of carbonyl (C=O) groups excluding carboxylic acids is 2. The predicted molar refractivity (Wildman–Crippen MR) is 166 cm³/mol. The van der Waals surface area contributed by atoms with Crippen molar-refractivity contribution in [2.45, 2.75) is 24.1 Å². The van der Waals surface area contributed by atoms with E-state index >= 15 is 0 Å². The van der Waals surface area contributed by atoms with Crippen LogP contribution in [-0.4, -0.2) is 81.9 Å². The lowest BCUT2D eigenvalue weighted by Crippen LogP contribution is -3.00. The minimum Gasteiger partial charge on any atom is -1.00 e. The lowest BCUT2D eigenvalue weighted by molar-refractivity contribution is -0.675. The van der Waals surface area contributed by atoms with Crippen LogP contribution in [0.1, 0.15) is 17.4 Å². The van der Waals surface area contributed by atoms with Crippen molar-refractivity contribution in [3.8, 4) is 11.5 Å². The molecule has 3 atom stereocenters. The number of nitrogens with zero attached hydrogens (tertiary/aromatic N) is 5. The normalized spacial score (nSPS) is 18.0. The molecule has 3 aromatic rings. The minimum absolute atomic E-state index is 0. The van der Waals surface area contributed by atoms with Gasteiger partial charge in [0.15, 0.2) is 22.3 Å². The van der Waals surface area contributed by atoms with E-state index in [0.717, 1.165) is 28.4 Å². The third kappa shape index (κ3) is 7.19. The number of hydrogen-bond acceptors (Lipinski definition) is 15. The third-order valence-electron chi connectivity index (χ3n) is 6.84. The molecular formula is C27H26ClN9O9S2. The van der Waals surface area contributed by atoms with Crippen molar-refractivity contribution in [1.29, 1.82) is 0 Å². The van der Waals surface area contributed by atoms with Crippen LogP contribution in [0.15, 0.2) is 64.6 Å². The number of aliphatic carboxylic acids is 2. The number of carboxylic acid groups (broad SMARTS) is 2. The topological polar surface area (TPSA) is 294 Å². The number of nitrogens with two attached hydrogens (primary N) is 3. The summed E-state index contributed by atoms with van der Waals surface area (Å²) in [5, 5.41) is 45.9. The van der Waals surface area contributed by atoms with Crippen molar-refractivity contribution in [2.75, 3.05) is 23.0 Å². The number of allylic oxidation sites excluding steroid dienone is 2. The fourth-order valence-electron chi connectivity index (χ4n) is 4.57. The van der Waals surface area contributed by atoms with Crippen molar-refractivity contribution < 1.29 is 61.4 Å². The van der Waals surface area contributed by atoms with Gasteiger partial charge in [0.2, 0.25) is 24.1 Å². The molecule has 5 rings (SSSR count). The molecule has 0 aliphatic carbocycles. The molecule has 2 amide bonds. The second-order valence-electron chi connectivity index (χ2n) is 9.92. The van der Waals surface area contributed by atoms with Gasteiger partial charge in [-0.15, -0.1) is 23.1 Å². The summed E-state index contributed by atoms with van der Waals surface area (Å²) in [4.78, 5) is 65.1. The fourth-order valence-corrected chi connectivity index (χ4v) is 6.44. The summed E-state index contributed by atoms with van der Waals surface area (Å²) in [5.74, 6) is -4.91. The Morgan fingerprint density at radius 1 is 1.19 bits per heavy atom. The van der Waals surface area contributed by atoms with Gasteiger partial charge in [-0.3, -0.25) is 14.5 Å². The van der Waals surface area contributed by atoms with Gasteiger partial charge in [0.25, 0.3) is 11.8 Å². The number of aromatic hydroxyl groups is 2. The molecule has 1 aromatic carbocycles. The van der Waals surface area contributed by atoms with Crippen molar-refractivity contribution in [3.05, 3.63) is 70.7 Å². The van der Waals surface area contributed by atoms with Crippen LogP contribution in [0.2, 0.25) is 0 Å². The van der Waals surface area contributed by atoms with E-state index in [1.54, 1.807) is 16.7 Å². The molecular weight excluding hydrogens is 694 g/mol. The monoisotopic (exact) mass is 719 g/mol. The zero-order chi connectivity index (χ0) is 34.0. The number of β-lactam (4-membered cyclic amide) rings is 1. The second-order valence-corrected chi connectivity index (χ2v) is 11.9.